The average Bonchev–Trinajstić information content (AvgIpc) is 3.06. The molecule has 8 nitrogen and oxygen atoms in total. The van der Waals surface area contributed by atoms with Crippen LogP contribution in [0.4, 0.5) is 24.8 Å². The van der Waals surface area contributed by atoms with Gasteiger partial charge in [0.05, 0.1) is 18.3 Å². The Bertz CT molecular complexity index is 1270. The minimum Gasteiger partial charge on any atom is -0.357 e. The van der Waals surface area contributed by atoms with Crippen molar-refractivity contribution in [2.45, 2.75) is 19.3 Å². The monoisotopic (exact) mass is 490 g/mol. The van der Waals surface area contributed by atoms with E-state index in [0.29, 0.717) is 27.5 Å². The van der Waals surface area contributed by atoms with Gasteiger partial charge in [0.2, 0.25) is 0 Å². The minimum atomic E-state index is -4.99. The molecule has 0 atom stereocenters. The topological polar surface area (TPSA) is 78.6 Å². The second kappa shape index (κ2) is 7.33. The zero-order valence-electron chi connectivity index (χ0n) is 17.7. The molecule has 0 aliphatic carbocycles. The van der Waals surface area contributed by atoms with Gasteiger partial charge in [-0.25, -0.2) is 4.98 Å². The molecule has 2 saturated heterocycles. The highest BCUT2D eigenvalue weighted by Crippen LogP contribution is 2.47. The summed E-state index contributed by atoms with van der Waals surface area (Å²) in [5, 5.41) is 4.58. The normalized spacial score (nSPS) is 18.6. The number of anilines is 2. The largest absolute Gasteiger partial charge is 0.471 e. The van der Waals surface area contributed by atoms with Crippen LogP contribution >= 0.6 is 11.6 Å². The second-order valence-corrected chi connectivity index (χ2v) is 9.48. The van der Waals surface area contributed by atoms with E-state index in [1.165, 1.54) is 0 Å². The van der Waals surface area contributed by atoms with E-state index in [-0.39, 0.29) is 24.3 Å². The first-order valence-corrected chi connectivity index (χ1v) is 11.0. The zero-order chi connectivity index (χ0) is 23.7. The Morgan fingerprint density at radius 2 is 1.85 bits per heavy atom. The Morgan fingerprint density at radius 3 is 2.56 bits per heavy atom. The summed E-state index contributed by atoms with van der Waals surface area (Å²) in [6, 6.07) is 5.00. The van der Waals surface area contributed by atoms with E-state index in [9.17, 15) is 18.0 Å². The van der Waals surface area contributed by atoms with Crippen molar-refractivity contribution >= 4 is 29.1 Å². The summed E-state index contributed by atoms with van der Waals surface area (Å²) in [4.78, 5) is 25.4. The molecule has 0 unspecified atom stereocenters. The molecule has 34 heavy (non-hydrogen) atoms. The molecule has 12 heteroatoms. The number of nitrogens with zero attached hydrogens (tertiary/aromatic N) is 6. The molecule has 0 N–H and O–H groups in total. The second-order valence-electron chi connectivity index (χ2n) is 9.04. The van der Waals surface area contributed by atoms with Gasteiger partial charge in [-0.05, 0) is 23.3 Å². The van der Waals surface area contributed by atoms with Crippen molar-refractivity contribution in [2.24, 2.45) is 5.41 Å². The van der Waals surface area contributed by atoms with Crippen LogP contribution < -0.4 is 9.80 Å². The fourth-order valence-corrected chi connectivity index (χ4v) is 5.29. The number of hydrogen-bond donors (Lipinski definition) is 0. The molecule has 176 valence electrons. The van der Waals surface area contributed by atoms with E-state index >= 15 is 0 Å². The van der Waals surface area contributed by atoms with Crippen molar-refractivity contribution < 1.29 is 22.5 Å². The molecular formula is C22H18ClF3N6O2. The lowest BCUT2D eigenvalue weighted by Gasteiger charge is -2.60. The molecule has 2 fully saturated rings. The first kappa shape index (κ1) is 21.2. The van der Waals surface area contributed by atoms with Gasteiger partial charge in [0, 0.05) is 55.6 Å². The van der Waals surface area contributed by atoms with E-state index in [1.807, 2.05) is 0 Å². The highest BCUT2D eigenvalue weighted by Gasteiger charge is 2.54. The van der Waals surface area contributed by atoms with Crippen molar-refractivity contribution in [2.75, 3.05) is 36.0 Å². The number of amides is 1. The molecular weight excluding hydrogens is 473 g/mol. The number of benzene rings is 1. The third-order valence-electron chi connectivity index (χ3n) is 6.58. The summed E-state index contributed by atoms with van der Waals surface area (Å²) in [5.74, 6) is -0.291. The predicted octanol–water partition coefficient (Wildman–Crippen LogP) is 3.52. The SMILES string of the molecule is O=C(N1Cc2cc(Cl)ccc2-c2c(N3CC4(CN(c5cnccn5)C4)C3)noc2C1)C(F)(F)F. The van der Waals surface area contributed by atoms with Gasteiger partial charge in [-0.15, -0.1) is 0 Å². The van der Waals surface area contributed by atoms with E-state index < -0.39 is 12.1 Å². The standard InChI is InChI=1S/C22H18ClF3N6O2/c23-14-1-2-15-13(5-14)7-30(20(33)22(24,25)26)8-16-18(15)19(29-34-16)32-11-21(12-32)9-31(10-21)17-6-27-3-4-28-17/h1-6H,7-12H2. The Balaban J connectivity index is 1.27. The number of carbonyl (C=O) groups is 1. The molecule has 3 aliphatic rings. The lowest BCUT2D eigenvalue weighted by atomic mass is 9.72. The van der Waals surface area contributed by atoms with Gasteiger partial charge in [-0.3, -0.25) is 9.78 Å². The molecule has 1 amide bonds. The maximum atomic E-state index is 13.2. The zero-order valence-corrected chi connectivity index (χ0v) is 18.5. The molecule has 1 spiro atoms. The fraction of sp³-hybridized carbons (Fsp3) is 0.364. The summed E-state index contributed by atoms with van der Waals surface area (Å²) in [6.45, 7) is 2.58. The van der Waals surface area contributed by atoms with Crippen LogP contribution in [0.15, 0.2) is 41.3 Å². The summed E-state index contributed by atoms with van der Waals surface area (Å²) in [7, 11) is 0. The number of carbonyl (C=O) groups excluding carboxylic acids is 1. The van der Waals surface area contributed by atoms with Crippen LogP contribution in [0.3, 0.4) is 0 Å². The Kier molecular flexibility index (Phi) is 4.57. The molecule has 0 saturated carbocycles. The highest BCUT2D eigenvalue weighted by atomic mass is 35.5. The van der Waals surface area contributed by atoms with E-state index in [2.05, 4.69) is 24.9 Å². The number of rotatable bonds is 2. The maximum Gasteiger partial charge on any atom is 0.471 e. The third kappa shape index (κ3) is 3.37. The number of fused-ring (bicyclic) bond motifs is 3. The average molecular weight is 491 g/mol. The quantitative estimate of drug-likeness (QED) is 0.544. The van der Waals surface area contributed by atoms with Crippen LogP contribution in [-0.4, -0.2) is 58.3 Å². The van der Waals surface area contributed by atoms with E-state index in [1.54, 1.807) is 36.8 Å². The Morgan fingerprint density at radius 1 is 1.09 bits per heavy atom. The molecule has 0 bridgehead atoms. The van der Waals surface area contributed by atoms with E-state index in [4.69, 9.17) is 16.1 Å². The van der Waals surface area contributed by atoms with Crippen molar-refractivity contribution in [1.82, 2.24) is 20.0 Å². The molecule has 3 aliphatic heterocycles. The molecule has 1 aromatic carbocycles. The summed E-state index contributed by atoms with van der Waals surface area (Å²) >= 11 is 6.13. The number of halogens is 4. The first-order chi connectivity index (χ1) is 16.2. The minimum absolute atomic E-state index is 0.0925. The van der Waals surface area contributed by atoms with Gasteiger partial charge in [0.1, 0.15) is 5.82 Å². The Hall–Kier alpha value is -3.34. The number of alkyl halides is 3. The van der Waals surface area contributed by atoms with Crippen LogP contribution in [0.1, 0.15) is 11.3 Å². The van der Waals surface area contributed by atoms with Crippen molar-refractivity contribution in [3.63, 3.8) is 0 Å². The van der Waals surface area contributed by atoms with Crippen LogP contribution in [0.5, 0.6) is 0 Å². The lowest BCUT2D eigenvalue weighted by molar-refractivity contribution is -0.187. The summed E-state index contributed by atoms with van der Waals surface area (Å²) < 4.78 is 45.1. The molecule has 6 rings (SSSR count). The number of hydrogen-bond acceptors (Lipinski definition) is 7. The highest BCUT2D eigenvalue weighted by molar-refractivity contribution is 6.30. The Labute approximate surface area is 196 Å². The fourth-order valence-electron chi connectivity index (χ4n) is 5.10. The lowest BCUT2D eigenvalue weighted by Crippen LogP contribution is -2.72. The predicted molar refractivity (Wildman–Crippen MR) is 116 cm³/mol. The molecule has 2 aromatic heterocycles. The molecule has 0 radical (unpaired) electrons. The molecule has 5 heterocycles. The van der Waals surface area contributed by atoms with Gasteiger partial charge in [0.15, 0.2) is 11.6 Å². The number of aromatic nitrogens is 3. The van der Waals surface area contributed by atoms with Crippen LogP contribution in [0.25, 0.3) is 11.1 Å². The van der Waals surface area contributed by atoms with Gasteiger partial charge < -0.3 is 19.2 Å². The van der Waals surface area contributed by atoms with Crippen molar-refractivity contribution in [3.8, 4) is 11.1 Å². The van der Waals surface area contributed by atoms with Gasteiger partial charge in [-0.2, -0.15) is 13.2 Å². The van der Waals surface area contributed by atoms with Gasteiger partial charge in [-0.1, -0.05) is 22.8 Å². The third-order valence-corrected chi connectivity index (χ3v) is 6.82. The summed E-state index contributed by atoms with van der Waals surface area (Å²) in [6.07, 6.45) is 0.0372. The van der Waals surface area contributed by atoms with Crippen LogP contribution in [0.2, 0.25) is 5.02 Å². The smallest absolute Gasteiger partial charge is 0.357 e. The van der Waals surface area contributed by atoms with Crippen LogP contribution in [0, 0.1) is 5.41 Å². The maximum absolute atomic E-state index is 13.2. The van der Waals surface area contributed by atoms with Crippen LogP contribution in [-0.2, 0) is 17.9 Å². The molecule has 3 aromatic rings. The van der Waals surface area contributed by atoms with E-state index in [0.717, 1.165) is 36.9 Å². The summed E-state index contributed by atoms with van der Waals surface area (Å²) in [5.41, 5.74) is 1.89. The van der Waals surface area contributed by atoms with Crippen molar-refractivity contribution in [3.05, 3.63) is 53.1 Å². The van der Waals surface area contributed by atoms with Gasteiger partial charge >= 0.3 is 12.1 Å². The van der Waals surface area contributed by atoms with Gasteiger partial charge in [0.25, 0.3) is 0 Å². The first-order valence-electron chi connectivity index (χ1n) is 10.6. The van der Waals surface area contributed by atoms with Crippen molar-refractivity contribution in [1.29, 1.82) is 0 Å².